The van der Waals surface area contributed by atoms with E-state index in [1.165, 1.54) is 0 Å². The number of carboxylic acid groups (broad SMARTS) is 1. The molecule has 7 nitrogen and oxygen atoms in total. The quantitative estimate of drug-likeness (QED) is 0.636. The Kier molecular flexibility index (Phi) is 5.00. The summed E-state index contributed by atoms with van der Waals surface area (Å²) in [6, 6.07) is 1.21. The van der Waals surface area contributed by atoms with E-state index in [1.807, 2.05) is 11.8 Å². The number of nitrogens with zero attached hydrogens (tertiary/aromatic N) is 2. The average Bonchev–Trinajstić information content (AvgIpc) is 2.48. The maximum atomic E-state index is 11.2. The smallest absolute Gasteiger partial charge is 0.339 e. The Morgan fingerprint density at radius 2 is 2.14 bits per heavy atom. The molecule has 1 saturated carbocycles. The van der Waals surface area contributed by atoms with Gasteiger partial charge in [0.15, 0.2) is 0 Å². The minimum atomic E-state index is -1.22. The van der Waals surface area contributed by atoms with E-state index in [1.54, 1.807) is 0 Å². The molecule has 1 aliphatic rings. The van der Waals surface area contributed by atoms with Gasteiger partial charge in [-0.05, 0) is 31.9 Å². The third-order valence-electron chi connectivity index (χ3n) is 3.66. The lowest BCUT2D eigenvalue weighted by atomic mass is 9.95. The largest absolute Gasteiger partial charge is 0.478 e. The molecule has 0 unspecified atom stereocenters. The molecule has 2 N–H and O–H groups in total. The van der Waals surface area contributed by atoms with Crippen LogP contribution in [-0.2, 0) is 0 Å². The second-order valence-corrected chi connectivity index (χ2v) is 6.14. The minimum Gasteiger partial charge on any atom is -0.478 e. The predicted octanol–water partition coefficient (Wildman–Crippen LogP) is 2.77. The van der Waals surface area contributed by atoms with E-state index in [9.17, 15) is 20.0 Å². The van der Waals surface area contributed by atoms with Gasteiger partial charge in [0.1, 0.15) is 17.6 Å². The lowest BCUT2D eigenvalue weighted by Crippen LogP contribution is -2.28. The number of nitrogens with one attached hydrogen (secondary N) is 1. The zero-order valence-electron chi connectivity index (χ0n) is 11.6. The normalized spacial score (nSPS) is 21.8. The highest BCUT2D eigenvalue weighted by molar-refractivity contribution is 7.99. The summed E-state index contributed by atoms with van der Waals surface area (Å²) in [7, 11) is 0. The van der Waals surface area contributed by atoms with Crippen LogP contribution in [0.3, 0.4) is 0 Å². The molecule has 0 amide bonds. The van der Waals surface area contributed by atoms with Gasteiger partial charge in [-0.3, -0.25) is 10.1 Å². The number of aromatic nitrogens is 1. The molecule has 2 rings (SSSR count). The molecule has 0 radical (unpaired) electrons. The second-order valence-electron chi connectivity index (χ2n) is 5.01. The number of rotatable bonds is 5. The summed E-state index contributed by atoms with van der Waals surface area (Å²) in [6.07, 6.45) is 7.23. The fraction of sp³-hybridized carbons (Fsp3) is 0.538. The van der Waals surface area contributed by atoms with Gasteiger partial charge in [0.2, 0.25) is 0 Å². The molecule has 8 heteroatoms. The van der Waals surface area contributed by atoms with E-state index >= 15 is 0 Å². The number of pyridine rings is 1. The Morgan fingerprint density at radius 3 is 2.67 bits per heavy atom. The Balaban J connectivity index is 2.13. The van der Waals surface area contributed by atoms with Crippen molar-refractivity contribution < 1.29 is 14.8 Å². The van der Waals surface area contributed by atoms with E-state index in [-0.39, 0.29) is 23.1 Å². The van der Waals surface area contributed by atoms with Crippen LogP contribution >= 0.6 is 11.8 Å². The van der Waals surface area contributed by atoms with Crippen molar-refractivity contribution in [1.82, 2.24) is 4.98 Å². The highest BCUT2D eigenvalue weighted by Gasteiger charge is 2.23. The van der Waals surface area contributed by atoms with Crippen LogP contribution in [0, 0.1) is 10.1 Å². The zero-order chi connectivity index (χ0) is 15.4. The molecule has 1 fully saturated rings. The van der Waals surface area contributed by atoms with Crippen LogP contribution in [0.15, 0.2) is 12.3 Å². The van der Waals surface area contributed by atoms with Crippen molar-refractivity contribution in [3.8, 4) is 0 Å². The van der Waals surface area contributed by atoms with Gasteiger partial charge in [-0.2, -0.15) is 11.8 Å². The van der Waals surface area contributed by atoms with Crippen LogP contribution in [0.1, 0.15) is 36.0 Å². The lowest BCUT2D eigenvalue weighted by Gasteiger charge is -2.28. The fourth-order valence-corrected chi connectivity index (χ4v) is 3.21. The first kappa shape index (κ1) is 15.6. The first-order valence-electron chi connectivity index (χ1n) is 6.68. The van der Waals surface area contributed by atoms with Gasteiger partial charge in [0, 0.05) is 17.4 Å². The van der Waals surface area contributed by atoms with E-state index in [0.29, 0.717) is 5.25 Å². The molecular weight excluding hydrogens is 294 g/mol. The maximum Gasteiger partial charge on any atom is 0.339 e. The third kappa shape index (κ3) is 3.84. The molecule has 0 aromatic carbocycles. The van der Waals surface area contributed by atoms with Gasteiger partial charge in [-0.15, -0.1) is 0 Å². The highest BCUT2D eigenvalue weighted by Crippen LogP contribution is 2.29. The van der Waals surface area contributed by atoms with Gasteiger partial charge < -0.3 is 10.4 Å². The van der Waals surface area contributed by atoms with E-state index in [2.05, 4.69) is 16.6 Å². The Morgan fingerprint density at radius 1 is 1.48 bits per heavy atom. The summed E-state index contributed by atoms with van der Waals surface area (Å²) < 4.78 is 0. The van der Waals surface area contributed by atoms with E-state index in [4.69, 9.17) is 0 Å². The van der Waals surface area contributed by atoms with Crippen molar-refractivity contribution in [3.05, 3.63) is 27.9 Å². The molecular formula is C13H17N3O4S. The summed E-state index contributed by atoms with van der Waals surface area (Å²) in [6.45, 7) is 0. The first-order valence-corrected chi connectivity index (χ1v) is 7.97. The van der Waals surface area contributed by atoms with Gasteiger partial charge >= 0.3 is 5.97 Å². The number of thioether (sulfide) groups is 1. The van der Waals surface area contributed by atoms with Crippen molar-refractivity contribution in [1.29, 1.82) is 0 Å². The Bertz CT molecular complexity index is 544. The summed E-state index contributed by atoms with van der Waals surface area (Å²) in [5, 5.41) is 23.6. The molecule has 0 atom stereocenters. The number of hydrogen-bond acceptors (Lipinski definition) is 6. The van der Waals surface area contributed by atoms with Crippen LogP contribution < -0.4 is 5.32 Å². The van der Waals surface area contributed by atoms with Crippen LogP contribution in [0.4, 0.5) is 11.5 Å². The monoisotopic (exact) mass is 311 g/mol. The van der Waals surface area contributed by atoms with Gasteiger partial charge in [-0.1, -0.05) is 0 Å². The molecule has 0 saturated heterocycles. The van der Waals surface area contributed by atoms with Gasteiger partial charge in [0.25, 0.3) is 5.69 Å². The summed E-state index contributed by atoms with van der Waals surface area (Å²) in [5.74, 6) is -1.01. The minimum absolute atomic E-state index is 0.156. The van der Waals surface area contributed by atoms with Crippen molar-refractivity contribution in [2.75, 3.05) is 11.6 Å². The summed E-state index contributed by atoms with van der Waals surface area (Å²) >= 11 is 1.85. The first-order chi connectivity index (χ1) is 10.0. The van der Waals surface area contributed by atoms with E-state index in [0.717, 1.165) is 37.9 Å². The molecule has 0 bridgehead atoms. The molecule has 1 aliphatic carbocycles. The predicted molar refractivity (Wildman–Crippen MR) is 81.0 cm³/mol. The number of anilines is 1. The highest BCUT2D eigenvalue weighted by atomic mass is 32.2. The van der Waals surface area contributed by atoms with Crippen molar-refractivity contribution in [2.24, 2.45) is 0 Å². The Labute approximate surface area is 126 Å². The van der Waals surface area contributed by atoms with Crippen molar-refractivity contribution in [2.45, 2.75) is 37.0 Å². The molecule has 114 valence electrons. The number of nitro groups is 1. The lowest BCUT2D eigenvalue weighted by molar-refractivity contribution is -0.385. The number of carboxylic acids is 1. The molecule has 1 aromatic heterocycles. The molecule has 21 heavy (non-hydrogen) atoms. The molecule has 0 spiro atoms. The fourth-order valence-electron chi connectivity index (χ4n) is 2.47. The molecule has 0 aliphatic heterocycles. The van der Waals surface area contributed by atoms with Gasteiger partial charge in [-0.25, -0.2) is 9.78 Å². The molecule has 1 aromatic rings. The number of aromatic carboxylic acids is 1. The average molecular weight is 311 g/mol. The number of hydrogen-bond donors (Lipinski definition) is 2. The Hall–Kier alpha value is -1.83. The molecule has 1 heterocycles. The van der Waals surface area contributed by atoms with Crippen molar-refractivity contribution in [3.63, 3.8) is 0 Å². The van der Waals surface area contributed by atoms with Crippen LogP contribution in [0.2, 0.25) is 0 Å². The zero-order valence-corrected chi connectivity index (χ0v) is 12.4. The third-order valence-corrected chi connectivity index (χ3v) is 4.80. The van der Waals surface area contributed by atoms with Gasteiger partial charge in [0.05, 0.1) is 4.92 Å². The van der Waals surface area contributed by atoms with Crippen LogP contribution in [-0.4, -0.2) is 38.5 Å². The summed E-state index contributed by atoms with van der Waals surface area (Å²) in [4.78, 5) is 25.2. The number of carbonyl (C=O) groups is 1. The second kappa shape index (κ2) is 6.75. The maximum absolute atomic E-state index is 11.2. The van der Waals surface area contributed by atoms with E-state index < -0.39 is 10.9 Å². The van der Waals surface area contributed by atoms with Crippen LogP contribution in [0.25, 0.3) is 0 Å². The standard InChI is InChI=1S/C13H17N3O4S/c1-21-10-4-2-8(3-5-10)15-12-11(13(17)18)6-9(7-14-12)16(19)20/h6-8,10H,2-5H2,1H3,(H,14,15)(H,17,18). The van der Waals surface area contributed by atoms with Crippen molar-refractivity contribution >= 4 is 29.2 Å². The topological polar surface area (TPSA) is 105 Å². The SMILES string of the molecule is CSC1CCC(Nc2ncc([N+](=O)[O-])cc2C(=O)O)CC1. The van der Waals surface area contributed by atoms with Crippen LogP contribution in [0.5, 0.6) is 0 Å². The summed E-state index contributed by atoms with van der Waals surface area (Å²) in [5.41, 5.74) is -0.472.